The molecular formula is C21H27N5O3. The van der Waals surface area contributed by atoms with Crippen molar-refractivity contribution in [3.63, 3.8) is 0 Å². The van der Waals surface area contributed by atoms with Crippen LogP contribution >= 0.6 is 0 Å². The lowest BCUT2D eigenvalue weighted by Gasteiger charge is -2.41. The fraction of sp³-hybridized carbons (Fsp3) is 0.476. The number of benzene rings is 1. The summed E-state index contributed by atoms with van der Waals surface area (Å²) >= 11 is 0. The van der Waals surface area contributed by atoms with E-state index in [4.69, 9.17) is 5.73 Å². The van der Waals surface area contributed by atoms with E-state index in [-0.39, 0.29) is 12.5 Å². The molecule has 1 aromatic carbocycles. The molecule has 2 aromatic rings. The second-order valence-electron chi connectivity index (χ2n) is 7.97. The van der Waals surface area contributed by atoms with Crippen LogP contribution in [0.5, 0.6) is 0 Å². The Morgan fingerprint density at radius 2 is 1.86 bits per heavy atom. The lowest BCUT2D eigenvalue weighted by Crippen LogP contribution is -2.56. The summed E-state index contributed by atoms with van der Waals surface area (Å²) in [7, 11) is 2.05. The lowest BCUT2D eigenvalue weighted by molar-refractivity contribution is -0.137. The minimum Gasteiger partial charge on any atom is -0.368 e. The number of nitrogens with two attached hydrogens (primary N) is 1. The molecule has 4 rings (SSSR count). The molecule has 2 saturated heterocycles. The van der Waals surface area contributed by atoms with E-state index < -0.39 is 17.5 Å². The normalized spacial score (nSPS) is 19.7. The van der Waals surface area contributed by atoms with Gasteiger partial charge in [-0.1, -0.05) is 18.2 Å². The van der Waals surface area contributed by atoms with E-state index in [9.17, 15) is 14.4 Å². The molecule has 2 fully saturated rings. The lowest BCUT2D eigenvalue weighted by atomic mass is 9.85. The highest BCUT2D eigenvalue weighted by Gasteiger charge is 2.57. The van der Waals surface area contributed by atoms with E-state index in [0.29, 0.717) is 32.5 Å². The zero-order valence-corrected chi connectivity index (χ0v) is 16.9. The molecule has 2 aliphatic heterocycles. The number of imide groups is 1. The topological polar surface area (TPSA) is 91.9 Å². The van der Waals surface area contributed by atoms with Gasteiger partial charge in [0.2, 0.25) is 5.91 Å². The zero-order valence-electron chi connectivity index (χ0n) is 16.9. The molecule has 0 aliphatic carbocycles. The number of carbonyl (C=O) groups excluding carboxylic acids is 3. The number of urea groups is 1. The predicted octanol–water partition coefficient (Wildman–Crippen LogP) is 1.28. The van der Waals surface area contributed by atoms with Crippen molar-refractivity contribution in [2.45, 2.75) is 31.8 Å². The number of aromatic nitrogens is 1. The standard InChI is InChI=1S/C21H27N5O3/c1-3-26-20(29)25(14-18(22)27)19(28)21(26)8-10-24(11-9-21)13-15-12-23(2)17-7-5-4-6-16(15)17/h4-7,12H,3,8-11,13-14H2,1-2H3,(H2,22,27). The van der Waals surface area contributed by atoms with Gasteiger partial charge in [0.25, 0.3) is 5.91 Å². The molecule has 29 heavy (non-hydrogen) atoms. The van der Waals surface area contributed by atoms with Crippen molar-refractivity contribution in [3.8, 4) is 0 Å². The SMILES string of the molecule is CCN1C(=O)N(CC(N)=O)C(=O)C12CCN(Cc1cn(C)c3ccccc13)CC2. The Morgan fingerprint density at radius 1 is 1.17 bits per heavy atom. The summed E-state index contributed by atoms with van der Waals surface area (Å²) < 4.78 is 2.13. The van der Waals surface area contributed by atoms with Gasteiger partial charge in [-0.25, -0.2) is 4.79 Å². The van der Waals surface area contributed by atoms with E-state index in [2.05, 4.69) is 27.8 Å². The summed E-state index contributed by atoms with van der Waals surface area (Å²) in [5.74, 6) is -0.957. The number of para-hydroxylation sites is 1. The van der Waals surface area contributed by atoms with Crippen molar-refractivity contribution in [1.82, 2.24) is 19.3 Å². The molecule has 154 valence electrons. The fourth-order valence-electron chi connectivity index (χ4n) is 4.87. The van der Waals surface area contributed by atoms with Gasteiger partial charge in [-0.05, 0) is 31.4 Å². The van der Waals surface area contributed by atoms with E-state index >= 15 is 0 Å². The van der Waals surface area contributed by atoms with E-state index in [1.54, 1.807) is 4.90 Å². The molecule has 8 heteroatoms. The molecule has 1 spiro atoms. The minimum absolute atomic E-state index is 0.284. The molecule has 3 heterocycles. The highest BCUT2D eigenvalue weighted by molar-refractivity contribution is 6.09. The van der Waals surface area contributed by atoms with Gasteiger partial charge in [-0.3, -0.25) is 19.4 Å². The Morgan fingerprint density at radius 3 is 2.52 bits per heavy atom. The fourth-order valence-corrected chi connectivity index (χ4v) is 4.87. The number of nitrogens with zero attached hydrogens (tertiary/aromatic N) is 4. The molecule has 8 nitrogen and oxygen atoms in total. The number of fused-ring (bicyclic) bond motifs is 1. The summed E-state index contributed by atoms with van der Waals surface area (Å²) in [4.78, 5) is 42.1. The van der Waals surface area contributed by atoms with Gasteiger partial charge in [0.05, 0.1) is 0 Å². The second-order valence-corrected chi connectivity index (χ2v) is 7.97. The van der Waals surface area contributed by atoms with Crippen LogP contribution in [0, 0.1) is 0 Å². The maximum absolute atomic E-state index is 13.1. The first-order chi connectivity index (χ1) is 13.9. The van der Waals surface area contributed by atoms with Gasteiger partial charge in [0.1, 0.15) is 12.1 Å². The number of rotatable bonds is 5. The van der Waals surface area contributed by atoms with E-state index in [1.807, 2.05) is 26.1 Å². The van der Waals surface area contributed by atoms with Crippen molar-refractivity contribution >= 4 is 28.7 Å². The number of piperidine rings is 1. The number of aryl methyl sites for hydroxylation is 1. The summed E-state index contributed by atoms with van der Waals surface area (Å²) in [6.45, 7) is 4.17. The monoisotopic (exact) mass is 397 g/mol. The van der Waals surface area contributed by atoms with Crippen molar-refractivity contribution in [2.24, 2.45) is 12.8 Å². The molecule has 0 saturated carbocycles. The van der Waals surface area contributed by atoms with Crippen molar-refractivity contribution in [1.29, 1.82) is 0 Å². The third-order valence-electron chi connectivity index (χ3n) is 6.31. The summed E-state index contributed by atoms with van der Waals surface area (Å²) in [6, 6.07) is 7.93. The molecular weight excluding hydrogens is 370 g/mol. The Labute approximate surface area is 169 Å². The molecule has 2 aliphatic rings. The molecule has 0 atom stereocenters. The predicted molar refractivity (Wildman–Crippen MR) is 109 cm³/mol. The first-order valence-corrected chi connectivity index (χ1v) is 10.0. The largest absolute Gasteiger partial charge is 0.368 e. The third-order valence-corrected chi connectivity index (χ3v) is 6.31. The number of likely N-dealkylation sites (tertiary alicyclic amines) is 1. The van der Waals surface area contributed by atoms with Crippen molar-refractivity contribution in [3.05, 3.63) is 36.0 Å². The van der Waals surface area contributed by atoms with Crippen LogP contribution in [0.1, 0.15) is 25.3 Å². The summed E-state index contributed by atoms with van der Waals surface area (Å²) in [5.41, 5.74) is 6.85. The minimum atomic E-state index is -0.851. The maximum atomic E-state index is 13.1. The number of hydrogen-bond acceptors (Lipinski definition) is 4. The van der Waals surface area contributed by atoms with Gasteiger partial charge in [-0.2, -0.15) is 0 Å². The van der Waals surface area contributed by atoms with Crippen LogP contribution in [0.15, 0.2) is 30.5 Å². The van der Waals surface area contributed by atoms with Crippen LogP contribution in [-0.2, 0) is 23.2 Å². The molecule has 2 N–H and O–H groups in total. The van der Waals surface area contributed by atoms with Gasteiger partial charge < -0.3 is 15.2 Å². The molecule has 4 amide bonds. The average molecular weight is 397 g/mol. The van der Waals surface area contributed by atoms with Gasteiger partial charge in [0.15, 0.2) is 0 Å². The maximum Gasteiger partial charge on any atom is 0.328 e. The van der Waals surface area contributed by atoms with Gasteiger partial charge in [0, 0.05) is 50.3 Å². The molecule has 0 unspecified atom stereocenters. The van der Waals surface area contributed by atoms with E-state index in [1.165, 1.54) is 16.5 Å². The number of primary amides is 1. The number of hydrogen-bond donors (Lipinski definition) is 1. The summed E-state index contributed by atoms with van der Waals surface area (Å²) in [5, 5.41) is 1.24. The average Bonchev–Trinajstić information content (AvgIpc) is 3.11. The molecule has 1 aromatic heterocycles. The quantitative estimate of drug-likeness (QED) is 0.770. The Hall–Kier alpha value is -2.87. The van der Waals surface area contributed by atoms with Crippen LogP contribution in [0.25, 0.3) is 10.9 Å². The van der Waals surface area contributed by atoms with Crippen LogP contribution < -0.4 is 5.73 Å². The molecule has 0 radical (unpaired) electrons. The highest BCUT2D eigenvalue weighted by Crippen LogP contribution is 2.37. The zero-order chi connectivity index (χ0) is 20.8. The number of amides is 4. The number of likely N-dealkylation sites (N-methyl/N-ethyl adjacent to an activating group) is 1. The smallest absolute Gasteiger partial charge is 0.328 e. The number of carbonyl (C=O) groups is 3. The summed E-state index contributed by atoms with van der Waals surface area (Å²) in [6.07, 6.45) is 3.28. The first-order valence-electron chi connectivity index (χ1n) is 10.0. The first kappa shape index (κ1) is 19.4. The van der Waals surface area contributed by atoms with Crippen LogP contribution in [0.3, 0.4) is 0 Å². The van der Waals surface area contributed by atoms with Crippen LogP contribution in [0.2, 0.25) is 0 Å². The van der Waals surface area contributed by atoms with Gasteiger partial charge in [-0.15, -0.1) is 0 Å². The Balaban J connectivity index is 1.51. The Kier molecular flexibility index (Phi) is 4.82. The van der Waals surface area contributed by atoms with Crippen molar-refractivity contribution < 1.29 is 14.4 Å². The van der Waals surface area contributed by atoms with Gasteiger partial charge >= 0.3 is 6.03 Å². The van der Waals surface area contributed by atoms with Crippen LogP contribution in [-0.4, -0.2) is 68.8 Å². The Bertz CT molecular complexity index is 974. The van der Waals surface area contributed by atoms with E-state index in [0.717, 1.165) is 11.4 Å². The van der Waals surface area contributed by atoms with Crippen LogP contribution in [0.4, 0.5) is 4.79 Å². The van der Waals surface area contributed by atoms with Crippen molar-refractivity contribution in [2.75, 3.05) is 26.2 Å². The third kappa shape index (κ3) is 3.07. The molecule has 0 bridgehead atoms. The second kappa shape index (κ2) is 7.18. The highest BCUT2D eigenvalue weighted by atomic mass is 16.2.